The first-order valence-corrected chi connectivity index (χ1v) is 10.4. The number of nitrogens with two attached hydrogens (primary N) is 3. The second kappa shape index (κ2) is 11.2. The summed E-state index contributed by atoms with van der Waals surface area (Å²) >= 11 is 9.12. The molecular weight excluding hydrogens is 534 g/mol. The number of hydrogen-bond donors (Lipinski definition) is 7. The Bertz CT molecular complexity index is 1230. The van der Waals surface area contributed by atoms with Crippen LogP contribution in [0.1, 0.15) is 29.4 Å². The number of carboxylic acids is 1. The number of aliphatic carboxylic acids is 1. The van der Waals surface area contributed by atoms with E-state index in [9.17, 15) is 19.8 Å². The molecule has 1 aromatic carbocycles. The number of aromatic hydroxyl groups is 1. The topological polar surface area (TPSA) is 239 Å². The Morgan fingerprint density at radius 1 is 1.35 bits per heavy atom. The first kappa shape index (κ1) is 26.2. The predicted octanol–water partition coefficient (Wildman–Crippen LogP) is 0.849. The minimum absolute atomic E-state index is 0.00898. The lowest BCUT2D eigenvalue weighted by Gasteiger charge is -2.20. The van der Waals surface area contributed by atoms with Gasteiger partial charge >= 0.3 is 5.97 Å². The van der Waals surface area contributed by atoms with E-state index in [1.54, 1.807) is 6.07 Å². The zero-order valence-electron chi connectivity index (χ0n) is 17.3. The molecule has 0 saturated heterocycles. The number of benzene rings is 1. The summed E-state index contributed by atoms with van der Waals surface area (Å²) in [5, 5.41) is 34.1. The second-order valence-corrected chi connectivity index (χ2v) is 7.94. The van der Waals surface area contributed by atoms with E-state index in [0.29, 0.717) is 0 Å². The van der Waals surface area contributed by atoms with Crippen molar-refractivity contribution in [3.8, 4) is 11.8 Å². The molecule has 1 unspecified atom stereocenters. The molecule has 13 nitrogen and oxygen atoms in total. The van der Waals surface area contributed by atoms with E-state index in [4.69, 9.17) is 34.1 Å². The van der Waals surface area contributed by atoms with Gasteiger partial charge in [0, 0.05) is 10.6 Å². The van der Waals surface area contributed by atoms with Gasteiger partial charge in [-0.25, -0.2) is 9.97 Å². The van der Waals surface area contributed by atoms with Crippen LogP contribution < -0.4 is 27.8 Å². The molecule has 1 atom stereocenters. The van der Waals surface area contributed by atoms with Crippen LogP contribution in [0.25, 0.3) is 5.70 Å². The number of halogens is 2. The molecule has 0 radical (unpaired) electrons. The first-order valence-electron chi connectivity index (χ1n) is 9.22. The highest BCUT2D eigenvalue weighted by Crippen LogP contribution is 2.36. The SMILES string of the molecule is C=C(NCC(=O)NC(CC(=O)O)c1cc(Cl)cc(Br)c1O)c1nc(N=C(N)N)c(C#N)nc1N. The Morgan fingerprint density at radius 2 is 2.03 bits per heavy atom. The fourth-order valence-electron chi connectivity index (χ4n) is 2.72. The Labute approximate surface area is 206 Å². The molecule has 0 aliphatic carbocycles. The van der Waals surface area contributed by atoms with E-state index in [2.05, 4.69) is 48.1 Å². The van der Waals surface area contributed by atoms with Gasteiger partial charge in [-0.1, -0.05) is 18.2 Å². The van der Waals surface area contributed by atoms with Crippen molar-refractivity contribution < 1.29 is 19.8 Å². The lowest BCUT2D eigenvalue weighted by Crippen LogP contribution is -2.36. The number of nitriles is 1. The highest BCUT2D eigenvalue weighted by atomic mass is 79.9. The van der Waals surface area contributed by atoms with Crippen molar-refractivity contribution in [2.45, 2.75) is 12.5 Å². The van der Waals surface area contributed by atoms with Gasteiger partial charge in [0.1, 0.15) is 17.5 Å². The van der Waals surface area contributed by atoms with E-state index in [1.165, 1.54) is 12.1 Å². The van der Waals surface area contributed by atoms with Crippen LogP contribution in [0.5, 0.6) is 5.75 Å². The van der Waals surface area contributed by atoms with Crippen LogP contribution in [-0.4, -0.2) is 44.6 Å². The molecule has 1 amide bonds. The average Bonchev–Trinajstić information content (AvgIpc) is 2.74. The number of carbonyl (C=O) groups is 2. The van der Waals surface area contributed by atoms with Crippen LogP contribution in [-0.2, 0) is 9.59 Å². The molecule has 15 heteroatoms. The standard InChI is InChI=1S/C19H19BrClN9O4/c1-7(15-17(23)28-12(5-22)18(29-15)30-19(24)25)26-6-13(31)27-11(4-14(32)33)9-2-8(21)3-10(20)16(9)34/h2-3,11,26,34H,1,4,6H2,(H2,23,28)(H,27,31)(H,32,33)(H4,24,25,29,30). The summed E-state index contributed by atoms with van der Waals surface area (Å²) in [7, 11) is 0. The van der Waals surface area contributed by atoms with Crippen molar-refractivity contribution in [2.75, 3.05) is 12.3 Å². The van der Waals surface area contributed by atoms with Crippen molar-refractivity contribution in [3.05, 3.63) is 45.2 Å². The number of phenols is 1. The van der Waals surface area contributed by atoms with Gasteiger partial charge in [0.15, 0.2) is 23.3 Å². The van der Waals surface area contributed by atoms with Crippen LogP contribution in [0.3, 0.4) is 0 Å². The van der Waals surface area contributed by atoms with Gasteiger partial charge < -0.3 is 38.0 Å². The van der Waals surface area contributed by atoms with Crippen LogP contribution in [0.15, 0.2) is 28.2 Å². The number of guanidine groups is 1. The van der Waals surface area contributed by atoms with Gasteiger partial charge in [0.2, 0.25) is 5.91 Å². The van der Waals surface area contributed by atoms with Crippen molar-refractivity contribution in [3.63, 3.8) is 0 Å². The fourth-order valence-corrected chi connectivity index (χ4v) is 3.55. The van der Waals surface area contributed by atoms with Crippen LogP contribution >= 0.6 is 27.5 Å². The lowest BCUT2D eigenvalue weighted by atomic mass is 10.0. The van der Waals surface area contributed by atoms with Gasteiger partial charge in [-0.2, -0.15) is 10.3 Å². The summed E-state index contributed by atoms with van der Waals surface area (Å²) in [4.78, 5) is 35.5. The Morgan fingerprint density at radius 3 is 2.62 bits per heavy atom. The van der Waals surface area contributed by atoms with E-state index in [0.717, 1.165) is 0 Å². The van der Waals surface area contributed by atoms with Crippen molar-refractivity contribution >= 4 is 62.7 Å². The number of nitrogen functional groups attached to an aromatic ring is 1. The molecule has 0 aliphatic heterocycles. The van der Waals surface area contributed by atoms with Gasteiger partial charge in [-0.3, -0.25) is 9.59 Å². The number of phenolic OH excluding ortho intramolecular Hbond substituents is 1. The summed E-state index contributed by atoms with van der Waals surface area (Å²) in [6.07, 6.45) is -0.525. The molecule has 1 heterocycles. The lowest BCUT2D eigenvalue weighted by molar-refractivity contribution is -0.137. The van der Waals surface area contributed by atoms with Crippen LogP contribution in [0.4, 0.5) is 11.6 Å². The van der Waals surface area contributed by atoms with Gasteiger partial charge in [0.25, 0.3) is 0 Å². The third-order valence-corrected chi connectivity index (χ3v) is 4.96. The summed E-state index contributed by atoms with van der Waals surface area (Å²) < 4.78 is 0.234. The third kappa shape index (κ3) is 6.70. The highest BCUT2D eigenvalue weighted by Gasteiger charge is 2.23. The van der Waals surface area contributed by atoms with Crippen LogP contribution in [0, 0.1) is 11.3 Å². The average molecular weight is 553 g/mol. The van der Waals surface area contributed by atoms with Gasteiger partial charge in [-0.05, 0) is 28.1 Å². The molecule has 178 valence electrons. The first-order chi connectivity index (χ1) is 15.9. The zero-order valence-corrected chi connectivity index (χ0v) is 19.7. The van der Waals surface area contributed by atoms with Crippen molar-refractivity contribution in [1.29, 1.82) is 5.26 Å². The minimum atomic E-state index is -1.22. The molecular formula is C19H19BrClN9O4. The summed E-state index contributed by atoms with van der Waals surface area (Å²) in [6.45, 7) is 3.35. The largest absolute Gasteiger partial charge is 0.506 e. The number of aliphatic imine (C=N–C) groups is 1. The number of amides is 1. The van der Waals surface area contributed by atoms with Crippen molar-refractivity contribution in [2.24, 2.45) is 16.5 Å². The van der Waals surface area contributed by atoms with Gasteiger partial charge in [0.05, 0.1) is 29.2 Å². The minimum Gasteiger partial charge on any atom is -0.506 e. The van der Waals surface area contributed by atoms with E-state index >= 15 is 0 Å². The molecule has 0 aliphatic rings. The maximum Gasteiger partial charge on any atom is 0.305 e. The number of aromatic nitrogens is 2. The second-order valence-electron chi connectivity index (χ2n) is 6.65. The third-order valence-electron chi connectivity index (χ3n) is 4.14. The smallest absolute Gasteiger partial charge is 0.305 e. The van der Waals surface area contributed by atoms with E-state index in [-0.39, 0.29) is 62.0 Å². The van der Waals surface area contributed by atoms with E-state index in [1.807, 2.05) is 0 Å². The van der Waals surface area contributed by atoms with E-state index < -0.39 is 24.3 Å². The molecule has 0 saturated carbocycles. The van der Waals surface area contributed by atoms with Crippen LogP contribution in [0.2, 0.25) is 5.02 Å². The highest BCUT2D eigenvalue weighted by molar-refractivity contribution is 9.10. The number of anilines is 1. The number of rotatable bonds is 9. The quantitative estimate of drug-likeness (QED) is 0.170. The van der Waals surface area contributed by atoms with Crippen molar-refractivity contribution in [1.82, 2.24) is 20.6 Å². The van der Waals surface area contributed by atoms with Gasteiger partial charge in [-0.15, -0.1) is 0 Å². The number of carboxylic acid groups (broad SMARTS) is 1. The number of hydrogen-bond acceptors (Lipinski definition) is 9. The Balaban J connectivity index is 2.20. The molecule has 0 bridgehead atoms. The molecule has 2 rings (SSSR count). The summed E-state index contributed by atoms with van der Waals surface area (Å²) in [5.74, 6) is -2.84. The maximum atomic E-state index is 12.5. The molecule has 2 aromatic rings. The number of carbonyl (C=O) groups excluding carboxylic acids is 1. The molecule has 0 fully saturated rings. The number of nitrogens with one attached hydrogen (secondary N) is 2. The summed E-state index contributed by atoms with van der Waals surface area (Å²) in [5.41, 5.74) is 16.4. The molecule has 0 spiro atoms. The maximum absolute atomic E-state index is 12.5. The zero-order chi connectivity index (χ0) is 25.6. The monoisotopic (exact) mass is 551 g/mol. The number of nitrogens with zero attached hydrogens (tertiary/aromatic N) is 4. The molecule has 10 N–H and O–H groups in total. The molecule has 34 heavy (non-hydrogen) atoms. The molecule has 1 aromatic heterocycles. The summed E-state index contributed by atoms with van der Waals surface area (Å²) in [6, 6.07) is 3.43. The Hall–Kier alpha value is -4.09. The Kier molecular flexibility index (Phi) is 8.59. The fraction of sp³-hybridized carbons (Fsp3) is 0.158. The normalized spacial score (nSPS) is 11.1. The predicted molar refractivity (Wildman–Crippen MR) is 128 cm³/mol.